The maximum atomic E-state index is 13.8. The zero-order valence-electron chi connectivity index (χ0n) is 13.3. The molecular weight excluding hydrogens is 288 g/mol. The predicted molar refractivity (Wildman–Crippen MR) is 83.5 cm³/mol. The van der Waals surface area contributed by atoms with Gasteiger partial charge in [0, 0.05) is 31.3 Å². The molecule has 1 atom stereocenters. The summed E-state index contributed by atoms with van der Waals surface area (Å²) in [5.74, 6) is -0.787. The van der Waals surface area contributed by atoms with Crippen LogP contribution >= 0.6 is 0 Å². The van der Waals surface area contributed by atoms with E-state index in [0.717, 1.165) is 6.07 Å². The summed E-state index contributed by atoms with van der Waals surface area (Å²) < 4.78 is 32.0. The first-order chi connectivity index (χ1) is 10.4. The lowest BCUT2D eigenvalue weighted by atomic mass is 10.1. The number of hydrogen-bond acceptors (Lipinski definition) is 3. The molecule has 0 aliphatic heterocycles. The van der Waals surface area contributed by atoms with Gasteiger partial charge in [0.2, 0.25) is 0 Å². The molecular formula is C17H25F2NO2. The van der Waals surface area contributed by atoms with Crippen molar-refractivity contribution in [2.45, 2.75) is 26.5 Å². The highest BCUT2D eigenvalue weighted by Gasteiger charge is 2.16. The summed E-state index contributed by atoms with van der Waals surface area (Å²) in [6.07, 6.45) is 0.953. The van der Waals surface area contributed by atoms with Gasteiger partial charge in [0.25, 0.3) is 0 Å². The molecule has 0 radical (unpaired) electrons. The van der Waals surface area contributed by atoms with Crippen LogP contribution in [0.1, 0.15) is 19.4 Å². The average Bonchev–Trinajstić information content (AvgIpc) is 2.41. The first-order valence-corrected chi connectivity index (χ1v) is 7.45. The van der Waals surface area contributed by atoms with Crippen molar-refractivity contribution in [1.82, 2.24) is 4.90 Å². The molecule has 0 saturated carbocycles. The van der Waals surface area contributed by atoms with E-state index in [9.17, 15) is 13.9 Å². The lowest BCUT2D eigenvalue weighted by Gasteiger charge is -2.27. The molecule has 0 aliphatic rings. The van der Waals surface area contributed by atoms with Crippen LogP contribution in [0, 0.1) is 17.6 Å². The van der Waals surface area contributed by atoms with Crippen molar-refractivity contribution in [2.24, 2.45) is 5.92 Å². The molecule has 22 heavy (non-hydrogen) atoms. The molecule has 0 bridgehead atoms. The van der Waals surface area contributed by atoms with Crippen LogP contribution in [0.4, 0.5) is 8.78 Å². The Labute approximate surface area is 131 Å². The largest absolute Gasteiger partial charge is 0.389 e. The number of aliphatic hydroxyl groups is 1. The molecule has 0 amide bonds. The van der Waals surface area contributed by atoms with E-state index < -0.39 is 17.7 Å². The summed E-state index contributed by atoms with van der Waals surface area (Å²) in [5.41, 5.74) is 0.418. The van der Waals surface area contributed by atoms with Gasteiger partial charge >= 0.3 is 0 Å². The Morgan fingerprint density at radius 2 is 2.05 bits per heavy atom. The SMILES string of the molecule is C=CCOC[C@H](O)CN(Cc1ccc(F)cc1F)CC(C)C. The van der Waals surface area contributed by atoms with Gasteiger partial charge in [-0.3, -0.25) is 4.90 Å². The van der Waals surface area contributed by atoms with Crippen LogP contribution in [0.25, 0.3) is 0 Å². The van der Waals surface area contributed by atoms with E-state index >= 15 is 0 Å². The molecule has 0 aromatic heterocycles. The fraction of sp³-hybridized carbons (Fsp3) is 0.529. The molecule has 5 heteroatoms. The third kappa shape index (κ3) is 7.11. The Balaban J connectivity index is 2.65. The molecule has 3 nitrogen and oxygen atoms in total. The molecule has 0 aliphatic carbocycles. The second-order valence-corrected chi connectivity index (χ2v) is 5.80. The normalized spacial score (nSPS) is 12.9. The highest BCUT2D eigenvalue weighted by atomic mass is 19.1. The highest BCUT2D eigenvalue weighted by molar-refractivity contribution is 5.18. The van der Waals surface area contributed by atoms with Crippen LogP contribution in [-0.2, 0) is 11.3 Å². The number of ether oxygens (including phenoxy) is 1. The standard InChI is InChI=1S/C17H25F2NO2/c1-4-7-22-12-16(21)11-20(9-13(2)3)10-14-5-6-15(18)8-17(14)19/h4-6,8,13,16,21H,1,7,9-12H2,2-3H3/t16-/m1/s1. The predicted octanol–water partition coefficient (Wildman–Crippen LogP) is 2.99. The second-order valence-electron chi connectivity index (χ2n) is 5.80. The molecule has 0 heterocycles. The number of rotatable bonds is 10. The molecule has 1 N–H and O–H groups in total. The average molecular weight is 313 g/mol. The van der Waals surface area contributed by atoms with Crippen molar-refractivity contribution in [2.75, 3.05) is 26.3 Å². The van der Waals surface area contributed by atoms with E-state index in [0.29, 0.717) is 37.7 Å². The molecule has 1 rings (SSSR count). The first-order valence-electron chi connectivity index (χ1n) is 7.45. The number of nitrogens with zero attached hydrogens (tertiary/aromatic N) is 1. The van der Waals surface area contributed by atoms with E-state index in [1.54, 1.807) is 6.08 Å². The fourth-order valence-corrected chi connectivity index (χ4v) is 2.25. The number of aliphatic hydroxyl groups excluding tert-OH is 1. The quantitative estimate of drug-likeness (QED) is 0.532. The summed E-state index contributed by atoms with van der Waals surface area (Å²) in [5, 5.41) is 10.00. The van der Waals surface area contributed by atoms with Gasteiger partial charge in [0.1, 0.15) is 11.6 Å². The van der Waals surface area contributed by atoms with Crippen molar-refractivity contribution in [3.05, 3.63) is 48.1 Å². The third-order valence-corrected chi connectivity index (χ3v) is 3.05. The van der Waals surface area contributed by atoms with Crippen molar-refractivity contribution in [3.63, 3.8) is 0 Å². The van der Waals surface area contributed by atoms with Crippen molar-refractivity contribution >= 4 is 0 Å². The van der Waals surface area contributed by atoms with Gasteiger partial charge in [-0.25, -0.2) is 8.78 Å². The van der Waals surface area contributed by atoms with Crippen molar-refractivity contribution < 1.29 is 18.6 Å². The molecule has 124 valence electrons. The first kappa shape index (κ1) is 18.7. The highest BCUT2D eigenvalue weighted by Crippen LogP contribution is 2.14. The molecule has 0 spiro atoms. The van der Waals surface area contributed by atoms with Crippen molar-refractivity contribution in [3.8, 4) is 0 Å². The van der Waals surface area contributed by atoms with Gasteiger partial charge in [-0.2, -0.15) is 0 Å². The topological polar surface area (TPSA) is 32.7 Å². The minimum Gasteiger partial charge on any atom is -0.389 e. The zero-order chi connectivity index (χ0) is 16.5. The maximum absolute atomic E-state index is 13.8. The fourth-order valence-electron chi connectivity index (χ4n) is 2.25. The Kier molecular flexibility index (Phi) is 8.24. The minimum atomic E-state index is -0.665. The van der Waals surface area contributed by atoms with Crippen LogP contribution < -0.4 is 0 Å². The summed E-state index contributed by atoms with van der Waals surface area (Å²) >= 11 is 0. The lowest BCUT2D eigenvalue weighted by Crippen LogP contribution is -2.37. The van der Waals surface area contributed by atoms with Gasteiger partial charge in [-0.15, -0.1) is 6.58 Å². The monoisotopic (exact) mass is 313 g/mol. The van der Waals surface area contributed by atoms with E-state index in [2.05, 4.69) is 20.4 Å². The van der Waals surface area contributed by atoms with E-state index in [1.807, 2.05) is 4.90 Å². The van der Waals surface area contributed by atoms with Crippen molar-refractivity contribution in [1.29, 1.82) is 0 Å². The minimum absolute atomic E-state index is 0.201. The van der Waals surface area contributed by atoms with Gasteiger partial charge < -0.3 is 9.84 Å². The van der Waals surface area contributed by atoms with Gasteiger partial charge in [-0.05, 0) is 12.0 Å². The molecule has 1 aromatic carbocycles. The van der Waals surface area contributed by atoms with E-state index in [4.69, 9.17) is 4.74 Å². The van der Waals surface area contributed by atoms with E-state index in [1.165, 1.54) is 12.1 Å². The second kappa shape index (κ2) is 9.66. The summed E-state index contributed by atoms with van der Waals surface area (Å²) in [7, 11) is 0. The smallest absolute Gasteiger partial charge is 0.130 e. The van der Waals surface area contributed by atoms with Crippen LogP contribution in [0.3, 0.4) is 0 Å². The number of halogens is 2. The molecule has 0 unspecified atom stereocenters. The Morgan fingerprint density at radius 3 is 2.64 bits per heavy atom. The Bertz CT molecular complexity index is 466. The van der Waals surface area contributed by atoms with Crippen LogP contribution in [-0.4, -0.2) is 42.4 Å². The summed E-state index contributed by atoms with van der Waals surface area (Å²) in [6, 6.07) is 3.57. The number of benzene rings is 1. The zero-order valence-corrected chi connectivity index (χ0v) is 13.3. The van der Waals surface area contributed by atoms with Crippen LogP contribution in [0.5, 0.6) is 0 Å². The number of hydrogen-bond donors (Lipinski definition) is 1. The third-order valence-electron chi connectivity index (χ3n) is 3.05. The van der Waals surface area contributed by atoms with Gasteiger partial charge in [0.15, 0.2) is 0 Å². The Hall–Kier alpha value is -1.30. The van der Waals surface area contributed by atoms with Gasteiger partial charge in [-0.1, -0.05) is 26.0 Å². The summed E-state index contributed by atoms with van der Waals surface area (Å²) in [6.45, 7) is 9.62. The van der Waals surface area contributed by atoms with E-state index in [-0.39, 0.29) is 6.61 Å². The van der Waals surface area contributed by atoms with Crippen LogP contribution in [0.15, 0.2) is 30.9 Å². The van der Waals surface area contributed by atoms with Crippen LogP contribution in [0.2, 0.25) is 0 Å². The lowest BCUT2D eigenvalue weighted by molar-refractivity contribution is 0.0221. The molecule has 0 fully saturated rings. The Morgan fingerprint density at radius 1 is 1.32 bits per heavy atom. The molecule has 1 aromatic rings. The maximum Gasteiger partial charge on any atom is 0.130 e. The van der Waals surface area contributed by atoms with Gasteiger partial charge in [0.05, 0.1) is 19.3 Å². The summed E-state index contributed by atoms with van der Waals surface area (Å²) in [4.78, 5) is 1.95. The molecule has 0 saturated heterocycles.